The van der Waals surface area contributed by atoms with Gasteiger partial charge in [0.1, 0.15) is 4.88 Å². The molecule has 0 atom stereocenters. The molecule has 0 spiro atoms. The summed E-state index contributed by atoms with van der Waals surface area (Å²) in [6.45, 7) is -0.175. The van der Waals surface area contributed by atoms with Gasteiger partial charge in [0.25, 0.3) is 5.91 Å². The second-order valence-electron chi connectivity index (χ2n) is 5.78. The maximum Gasteiger partial charge on any atom is 0.350 e. The first-order valence-corrected chi connectivity index (χ1v) is 9.47. The average molecular weight is 418 g/mol. The van der Waals surface area contributed by atoms with Crippen LogP contribution in [-0.2, 0) is 20.8 Å². The Labute approximate surface area is 170 Å². The Bertz CT molecular complexity index is 1030. The van der Waals surface area contributed by atoms with Gasteiger partial charge in [0.05, 0.1) is 17.7 Å². The number of methoxy groups -OCH3 is 1. The molecule has 0 aliphatic carbocycles. The summed E-state index contributed by atoms with van der Waals surface area (Å²) in [5, 5.41) is 3.76. The van der Waals surface area contributed by atoms with E-state index in [1.165, 1.54) is 18.4 Å². The molecule has 8 heteroatoms. The lowest BCUT2D eigenvalue weighted by atomic mass is 10.1. The van der Waals surface area contributed by atoms with Gasteiger partial charge in [0, 0.05) is 16.6 Å². The fraction of sp³-hybridized carbons (Fsp3) is 0.150. The number of nitrogens with one attached hydrogen (secondary N) is 1. The van der Waals surface area contributed by atoms with Crippen molar-refractivity contribution in [3.05, 3.63) is 69.6 Å². The number of hydrogen-bond donors (Lipinski definition) is 1. The molecule has 6 nitrogen and oxygen atoms in total. The molecule has 1 amide bonds. The first-order valence-electron chi connectivity index (χ1n) is 8.27. The molecule has 144 valence electrons. The van der Waals surface area contributed by atoms with Crippen LogP contribution in [0.15, 0.2) is 48.5 Å². The predicted molar refractivity (Wildman–Crippen MR) is 107 cm³/mol. The number of thiophene rings is 1. The second kappa shape index (κ2) is 8.86. The normalized spacial score (nSPS) is 10.5. The van der Waals surface area contributed by atoms with Crippen molar-refractivity contribution in [3.8, 4) is 0 Å². The van der Waals surface area contributed by atoms with Crippen LogP contribution < -0.4 is 5.32 Å². The van der Waals surface area contributed by atoms with Gasteiger partial charge in [-0.3, -0.25) is 4.79 Å². The summed E-state index contributed by atoms with van der Waals surface area (Å²) in [7, 11) is 1.31. The zero-order chi connectivity index (χ0) is 20.1. The largest absolute Gasteiger partial charge is 0.465 e. The Morgan fingerprint density at radius 3 is 2.43 bits per heavy atom. The number of carbonyl (C=O) groups is 3. The van der Waals surface area contributed by atoms with Crippen molar-refractivity contribution in [3.63, 3.8) is 0 Å². The van der Waals surface area contributed by atoms with Gasteiger partial charge in [-0.2, -0.15) is 0 Å². The standard InChI is InChI=1S/C20H16ClNO5S/c1-26-19(24)13-8-6-12(7-9-13)10-22-16(23)11-27-20(25)18-17(21)14-4-2-3-5-15(14)28-18/h2-9H,10-11H2,1H3,(H,22,23). The molecule has 0 bridgehead atoms. The van der Waals surface area contributed by atoms with Crippen molar-refractivity contribution in [2.75, 3.05) is 13.7 Å². The predicted octanol–water partition coefficient (Wildman–Crippen LogP) is 3.81. The van der Waals surface area contributed by atoms with Crippen LogP contribution in [-0.4, -0.2) is 31.6 Å². The smallest absolute Gasteiger partial charge is 0.350 e. The minimum atomic E-state index is -0.635. The van der Waals surface area contributed by atoms with E-state index in [0.29, 0.717) is 10.6 Å². The summed E-state index contributed by atoms with van der Waals surface area (Å²) in [5.41, 5.74) is 1.21. The van der Waals surface area contributed by atoms with E-state index >= 15 is 0 Å². The Balaban J connectivity index is 1.51. The van der Waals surface area contributed by atoms with Crippen LogP contribution in [0.3, 0.4) is 0 Å². The molecule has 0 radical (unpaired) electrons. The number of hydrogen-bond acceptors (Lipinski definition) is 6. The van der Waals surface area contributed by atoms with Gasteiger partial charge >= 0.3 is 11.9 Å². The van der Waals surface area contributed by atoms with E-state index < -0.39 is 24.5 Å². The number of ether oxygens (including phenoxy) is 2. The molecule has 0 fully saturated rings. The molecule has 28 heavy (non-hydrogen) atoms. The van der Waals surface area contributed by atoms with Gasteiger partial charge in [-0.15, -0.1) is 11.3 Å². The quantitative estimate of drug-likeness (QED) is 0.616. The van der Waals surface area contributed by atoms with Crippen LogP contribution in [0.25, 0.3) is 10.1 Å². The summed E-state index contributed by atoms with van der Waals surface area (Å²) in [5.74, 6) is -1.51. The molecule has 1 aromatic heterocycles. The number of benzene rings is 2. The first-order chi connectivity index (χ1) is 13.5. The van der Waals surface area contributed by atoms with Crippen LogP contribution in [0, 0.1) is 0 Å². The Morgan fingerprint density at radius 2 is 1.75 bits per heavy atom. The molecule has 0 saturated carbocycles. The third-order valence-corrected chi connectivity index (χ3v) is 5.57. The van der Waals surface area contributed by atoms with E-state index in [2.05, 4.69) is 10.1 Å². The number of fused-ring (bicyclic) bond motifs is 1. The fourth-order valence-electron chi connectivity index (χ4n) is 2.47. The van der Waals surface area contributed by atoms with Crippen LogP contribution >= 0.6 is 22.9 Å². The van der Waals surface area contributed by atoms with Gasteiger partial charge in [-0.25, -0.2) is 9.59 Å². The zero-order valence-electron chi connectivity index (χ0n) is 14.9. The average Bonchev–Trinajstić information content (AvgIpc) is 3.07. The number of esters is 2. The molecule has 2 aromatic carbocycles. The maximum absolute atomic E-state index is 12.2. The maximum atomic E-state index is 12.2. The summed E-state index contributed by atoms with van der Waals surface area (Å²) in [6, 6.07) is 14.0. The van der Waals surface area contributed by atoms with Crippen molar-refractivity contribution in [1.82, 2.24) is 5.32 Å². The number of amides is 1. The first kappa shape index (κ1) is 19.9. The Kier molecular flexibility index (Phi) is 6.28. The minimum Gasteiger partial charge on any atom is -0.465 e. The van der Waals surface area contributed by atoms with Crippen molar-refractivity contribution in [1.29, 1.82) is 0 Å². The van der Waals surface area contributed by atoms with E-state index in [-0.39, 0.29) is 11.4 Å². The topological polar surface area (TPSA) is 81.7 Å². The third kappa shape index (κ3) is 4.49. The van der Waals surface area contributed by atoms with Crippen molar-refractivity contribution in [2.24, 2.45) is 0 Å². The van der Waals surface area contributed by atoms with Crippen LogP contribution in [0.4, 0.5) is 0 Å². The zero-order valence-corrected chi connectivity index (χ0v) is 16.4. The summed E-state index contributed by atoms with van der Waals surface area (Å²) in [4.78, 5) is 35.8. The highest BCUT2D eigenvalue weighted by molar-refractivity contribution is 7.21. The molecule has 0 aliphatic heterocycles. The lowest BCUT2D eigenvalue weighted by Gasteiger charge is -2.07. The summed E-state index contributed by atoms with van der Waals surface area (Å²) in [6.07, 6.45) is 0. The Morgan fingerprint density at radius 1 is 1.04 bits per heavy atom. The van der Waals surface area contributed by atoms with Crippen molar-refractivity contribution in [2.45, 2.75) is 6.54 Å². The minimum absolute atomic E-state index is 0.238. The summed E-state index contributed by atoms with van der Waals surface area (Å²) < 4.78 is 10.6. The van der Waals surface area contributed by atoms with Crippen LogP contribution in [0.2, 0.25) is 5.02 Å². The molecular formula is C20H16ClNO5S. The molecule has 0 unspecified atom stereocenters. The molecule has 1 N–H and O–H groups in total. The molecular weight excluding hydrogens is 402 g/mol. The molecule has 0 saturated heterocycles. The van der Waals surface area contributed by atoms with Gasteiger partial charge in [0.15, 0.2) is 6.61 Å². The Hall–Kier alpha value is -2.90. The second-order valence-corrected chi connectivity index (χ2v) is 7.21. The van der Waals surface area contributed by atoms with Crippen molar-refractivity contribution >= 4 is 50.9 Å². The lowest BCUT2D eigenvalue weighted by Crippen LogP contribution is -2.28. The molecule has 0 aliphatic rings. The van der Waals surface area contributed by atoms with Gasteiger partial charge in [-0.05, 0) is 23.8 Å². The van der Waals surface area contributed by atoms with E-state index in [9.17, 15) is 14.4 Å². The van der Waals surface area contributed by atoms with Crippen LogP contribution in [0.5, 0.6) is 0 Å². The van der Waals surface area contributed by atoms with E-state index in [0.717, 1.165) is 15.6 Å². The molecule has 3 rings (SSSR count). The lowest BCUT2D eigenvalue weighted by molar-refractivity contribution is -0.124. The number of carbonyl (C=O) groups excluding carboxylic acids is 3. The summed E-state index contributed by atoms with van der Waals surface area (Å²) >= 11 is 7.45. The highest BCUT2D eigenvalue weighted by atomic mass is 35.5. The van der Waals surface area contributed by atoms with Crippen molar-refractivity contribution < 1.29 is 23.9 Å². The van der Waals surface area contributed by atoms with Crippen LogP contribution in [0.1, 0.15) is 25.6 Å². The van der Waals surface area contributed by atoms with E-state index in [4.69, 9.17) is 16.3 Å². The van der Waals surface area contributed by atoms with Gasteiger partial charge in [-0.1, -0.05) is 41.9 Å². The monoisotopic (exact) mass is 417 g/mol. The highest BCUT2D eigenvalue weighted by Crippen LogP contribution is 2.35. The fourth-order valence-corrected chi connectivity index (χ4v) is 3.87. The van der Waals surface area contributed by atoms with E-state index in [1.54, 1.807) is 24.3 Å². The third-order valence-electron chi connectivity index (χ3n) is 3.92. The van der Waals surface area contributed by atoms with Gasteiger partial charge < -0.3 is 14.8 Å². The van der Waals surface area contributed by atoms with Gasteiger partial charge in [0.2, 0.25) is 0 Å². The van der Waals surface area contributed by atoms with E-state index in [1.807, 2.05) is 24.3 Å². The number of rotatable bonds is 6. The molecule has 3 aromatic rings. The number of halogens is 1. The SMILES string of the molecule is COC(=O)c1ccc(CNC(=O)COC(=O)c2sc3ccccc3c2Cl)cc1. The molecule has 1 heterocycles. The highest BCUT2D eigenvalue weighted by Gasteiger charge is 2.19.